The van der Waals surface area contributed by atoms with Gasteiger partial charge in [-0.05, 0) is 23.8 Å². The van der Waals surface area contributed by atoms with Crippen LogP contribution in [-0.4, -0.2) is 11.1 Å². The van der Waals surface area contributed by atoms with E-state index in [0.29, 0.717) is 11.3 Å². The molecule has 0 fully saturated rings. The zero-order chi connectivity index (χ0) is 10.7. The van der Waals surface area contributed by atoms with E-state index in [1.807, 2.05) is 0 Å². The minimum atomic E-state index is -0.933. The molecule has 1 unspecified atom stereocenters. The summed E-state index contributed by atoms with van der Waals surface area (Å²) in [6.45, 7) is 0. The van der Waals surface area contributed by atoms with Gasteiger partial charge in [-0.2, -0.15) is 0 Å². The van der Waals surface area contributed by atoms with Crippen LogP contribution >= 0.6 is 15.9 Å². The molecule has 0 amide bonds. The molecule has 5 N–H and O–H groups in total. The number of nitrogen functional groups attached to an aromatic ring is 1. The molecule has 76 valence electrons. The molecular weight excluding hydrogens is 248 g/mol. The van der Waals surface area contributed by atoms with Crippen LogP contribution < -0.4 is 11.5 Å². The summed E-state index contributed by atoms with van der Waals surface area (Å²) in [7, 11) is 0. The molecule has 1 atom stereocenters. The second kappa shape index (κ2) is 4.43. The van der Waals surface area contributed by atoms with Gasteiger partial charge in [-0.3, -0.25) is 4.79 Å². The Morgan fingerprint density at radius 3 is 2.79 bits per heavy atom. The molecule has 0 heterocycles. The molecule has 14 heavy (non-hydrogen) atoms. The van der Waals surface area contributed by atoms with Gasteiger partial charge in [-0.15, -0.1) is 0 Å². The van der Waals surface area contributed by atoms with Gasteiger partial charge in [0.05, 0.1) is 6.42 Å². The van der Waals surface area contributed by atoms with Crippen LogP contribution in [0.5, 0.6) is 0 Å². The third-order valence-electron chi connectivity index (χ3n) is 1.84. The van der Waals surface area contributed by atoms with Crippen LogP contribution in [0.15, 0.2) is 22.7 Å². The fourth-order valence-electron chi connectivity index (χ4n) is 1.16. The maximum atomic E-state index is 10.4. The van der Waals surface area contributed by atoms with E-state index in [1.165, 1.54) is 0 Å². The third kappa shape index (κ3) is 2.71. The van der Waals surface area contributed by atoms with Gasteiger partial charge in [0.1, 0.15) is 0 Å². The van der Waals surface area contributed by atoms with Gasteiger partial charge >= 0.3 is 5.97 Å². The van der Waals surface area contributed by atoms with Crippen LogP contribution in [0.2, 0.25) is 0 Å². The largest absolute Gasteiger partial charge is 0.481 e. The SMILES string of the molecule is Nc1ccc(Br)cc1C(N)CC(=O)O. The molecule has 0 saturated heterocycles. The Bertz CT molecular complexity index is 355. The van der Waals surface area contributed by atoms with Crippen LogP contribution in [0.25, 0.3) is 0 Å². The highest BCUT2D eigenvalue weighted by Gasteiger charge is 2.13. The first-order valence-electron chi connectivity index (χ1n) is 4.03. The van der Waals surface area contributed by atoms with Gasteiger partial charge in [-0.25, -0.2) is 0 Å². The van der Waals surface area contributed by atoms with Crippen molar-refractivity contribution in [2.24, 2.45) is 5.73 Å². The summed E-state index contributed by atoms with van der Waals surface area (Å²) in [6.07, 6.45) is -0.124. The van der Waals surface area contributed by atoms with E-state index in [-0.39, 0.29) is 6.42 Å². The number of rotatable bonds is 3. The van der Waals surface area contributed by atoms with E-state index in [0.717, 1.165) is 4.47 Å². The average Bonchev–Trinajstić information content (AvgIpc) is 2.08. The first kappa shape index (κ1) is 11.0. The fraction of sp³-hybridized carbons (Fsp3) is 0.222. The fourth-order valence-corrected chi connectivity index (χ4v) is 1.54. The highest BCUT2D eigenvalue weighted by Crippen LogP contribution is 2.24. The van der Waals surface area contributed by atoms with Gasteiger partial charge in [0.25, 0.3) is 0 Å². The molecule has 0 aliphatic heterocycles. The molecule has 5 heteroatoms. The number of carbonyl (C=O) groups is 1. The van der Waals surface area contributed by atoms with Gasteiger partial charge in [0.15, 0.2) is 0 Å². The van der Waals surface area contributed by atoms with E-state index in [9.17, 15) is 4.79 Å². The maximum Gasteiger partial charge on any atom is 0.305 e. The second-order valence-corrected chi connectivity index (χ2v) is 3.89. The first-order chi connectivity index (χ1) is 6.50. The van der Waals surface area contributed by atoms with Gasteiger partial charge in [0, 0.05) is 16.2 Å². The van der Waals surface area contributed by atoms with Crippen molar-refractivity contribution >= 4 is 27.6 Å². The summed E-state index contributed by atoms with van der Waals surface area (Å²) in [5.74, 6) is -0.933. The molecule has 1 rings (SSSR count). The van der Waals surface area contributed by atoms with Crippen LogP contribution in [0.1, 0.15) is 18.0 Å². The molecule has 4 nitrogen and oxygen atoms in total. The monoisotopic (exact) mass is 258 g/mol. The van der Waals surface area contributed by atoms with Crippen LogP contribution in [0.3, 0.4) is 0 Å². The van der Waals surface area contributed by atoms with Crippen molar-refractivity contribution in [3.8, 4) is 0 Å². The normalized spacial score (nSPS) is 12.4. The predicted molar refractivity (Wildman–Crippen MR) is 57.7 cm³/mol. The Hall–Kier alpha value is -1.07. The lowest BCUT2D eigenvalue weighted by molar-refractivity contribution is -0.137. The summed E-state index contributed by atoms with van der Waals surface area (Å²) in [5.41, 5.74) is 12.5. The summed E-state index contributed by atoms with van der Waals surface area (Å²) >= 11 is 3.27. The van der Waals surface area contributed by atoms with Crippen molar-refractivity contribution in [3.63, 3.8) is 0 Å². The molecular formula is C9H11BrN2O2. The zero-order valence-corrected chi connectivity index (χ0v) is 8.99. The van der Waals surface area contributed by atoms with Crippen LogP contribution in [0.4, 0.5) is 5.69 Å². The highest BCUT2D eigenvalue weighted by atomic mass is 79.9. The second-order valence-electron chi connectivity index (χ2n) is 2.98. The standard InChI is InChI=1S/C9H11BrN2O2/c10-5-1-2-7(11)6(3-5)8(12)4-9(13)14/h1-3,8H,4,11-12H2,(H,13,14). The molecule has 0 aliphatic rings. The number of benzene rings is 1. The van der Waals surface area contributed by atoms with Crippen molar-refractivity contribution < 1.29 is 9.90 Å². The number of carboxylic acid groups (broad SMARTS) is 1. The summed E-state index contributed by atoms with van der Waals surface area (Å²) in [6, 6.07) is 4.65. The summed E-state index contributed by atoms with van der Waals surface area (Å²) in [5, 5.41) is 8.57. The molecule has 0 aromatic heterocycles. The van der Waals surface area contributed by atoms with E-state index < -0.39 is 12.0 Å². The molecule has 1 aromatic rings. The Balaban J connectivity index is 2.93. The zero-order valence-electron chi connectivity index (χ0n) is 7.40. The minimum absolute atomic E-state index is 0.124. The van der Waals surface area contributed by atoms with E-state index in [4.69, 9.17) is 16.6 Å². The Morgan fingerprint density at radius 2 is 2.21 bits per heavy atom. The Labute approximate surface area is 90.0 Å². The van der Waals surface area contributed by atoms with E-state index in [1.54, 1.807) is 18.2 Å². The van der Waals surface area contributed by atoms with Crippen molar-refractivity contribution in [2.45, 2.75) is 12.5 Å². The van der Waals surface area contributed by atoms with Gasteiger partial charge in [0.2, 0.25) is 0 Å². The molecule has 1 aromatic carbocycles. The lowest BCUT2D eigenvalue weighted by Crippen LogP contribution is -2.16. The lowest BCUT2D eigenvalue weighted by Gasteiger charge is -2.12. The van der Waals surface area contributed by atoms with Crippen molar-refractivity contribution in [2.75, 3.05) is 5.73 Å². The Kier molecular flexibility index (Phi) is 3.49. The smallest absolute Gasteiger partial charge is 0.305 e. The number of hydrogen-bond acceptors (Lipinski definition) is 3. The third-order valence-corrected chi connectivity index (χ3v) is 2.34. The number of hydrogen-bond donors (Lipinski definition) is 3. The minimum Gasteiger partial charge on any atom is -0.481 e. The average molecular weight is 259 g/mol. The molecule has 0 radical (unpaired) electrons. The highest BCUT2D eigenvalue weighted by molar-refractivity contribution is 9.10. The van der Waals surface area contributed by atoms with Crippen LogP contribution in [0, 0.1) is 0 Å². The van der Waals surface area contributed by atoms with E-state index >= 15 is 0 Å². The van der Waals surface area contributed by atoms with Crippen molar-refractivity contribution in [1.29, 1.82) is 0 Å². The molecule has 0 spiro atoms. The maximum absolute atomic E-state index is 10.4. The number of nitrogens with two attached hydrogens (primary N) is 2. The van der Waals surface area contributed by atoms with E-state index in [2.05, 4.69) is 15.9 Å². The first-order valence-corrected chi connectivity index (χ1v) is 4.82. The van der Waals surface area contributed by atoms with Crippen molar-refractivity contribution in [1.82, 2.24) is 0 Å². The summed E-state index contributed by atoms with van der Waals surface area (Å²) < 4.78 is 0.836. The Morgan fingerprint density at radius 1 is 1.57 bits per heavy atom. The van der Waals surface area contributed by atoms with Gasteiger partial charge < -0.3 is 16.6 Å². The quantitative estimate of drug-likeness (QED) is 0.717. The van der Waals surface area contributed by atoms with Crippen LogP contribution in [-0.2, 0) is 4.79 Å². The molecule has 0 saturated carbocycles. The lowest BCUT2D eigenvalue weighted by atomic mass is 10.0. The van der Waals surface area contributed by atoms with Gasteiger partial charge in [-0.1, -0.05) is 15.9 Å². The number of carboxylic acids is 1. The molecule has 0 bridgehead atoms. The number of aliphatic carboxylic acids is 1. The number of halogens is 1. The predicted octanol–water partition coefficient (Wildman–Crippen LogP) is 1.51. The van der Waals surface area contributed by atoms with Crippen molar-refractivity contribution in [3.05, 3.63) is 28.2 Å². The topological polar surface area (TPSA) is 89.3 Å². The number of anilines is 1. The summed E-state index contributed by atoms with van der Waals surface area (Å²) in [4.78, 5) is 10.4. The molecule has 0 aliphatic carbocycles.